The molecule has 7 aromatic carbocycles. The summed E-state index contributed by atoms with van der Waals surface area (Å²) in [5, 5.41) is 10.5. The van der Waals surface area contributed by atoms with Crippen LogP contribution < -0.4 is 0 Å². The first kappa shape index (κ1) is 23.1. The van der Waals surface area contributed by atoms with Crippen molar-refractivity contribution >= 4 is 60.4 Å². The van der Waals surface area contributed by atoms with Crippen molar-refractivity contribution in [3.63, 3.8) is 0 Å². The molecule has 1 atom stereocenters. The Hall–Kier alpha value is -4.59. The van der Waals surface area contributed by atoms with Crippen LogP contribution in [0.5, 0.6) is 0 Å². The molecule has 7 aromatic rings. The van der Waals surface area contributed by atoms with Crippen molar-refractivity contribution in [1.29, 1.82) is 0 Å². The zero-order chi connectivity index (χ0) is 26.9. The second kappa shape index (κ2) is 8.96. The Morgan fingerprint density at radius 2 is 1.05 bits per heavy atom. The molecule has 0 bridgehead atoms. The lowest BCUT2D eigenvalue weighted by Crippen LogP contribution is -2.00. The van der Waals surface area contributed by atoms with Crippen molar-refractivity contribution in [2.75, 3.05) is 0 Å². The van der Waals surface area contributed by atoms with Crippen molar-refractivity contribution in [1.82, 2.24) is 0 Å². The molecule has 0 radical (unpaired) electrons. The van der Waals surface area contributed by atoms with Gasteiger partial charge in [0, 0.05) is 15.7 Å². The maximum Gasteiger partial charge on any atom is 0.0205 e. The summed E-state index contributed by atoms with van der Waals surface area (Å²) in [5.74, 6) is 0.496. The van der Waals surface area contributed by atoms with Crippen molar-refractivity contribution in [3.8, 4) is 11.1 Å². The molecule has 0 N–H and O–H groups in total. The van der Waals surface area contributed by atoms with Gasteiger partial charge < -0.3 is 0 Å². The summed E-state index contributed by atoms with van der Waals surface area (Å²) in [5.41, 5.74) is 6.68. The summed E-state index contributed by atoms with van der Waals surface area (Å²) in [6, 6.07) is 47.4. The minimum atomic E-state index is 0.496. The van der Waals surface area contributed by atoms with E-state index in [1.807, 2.05) is 11.8 Å². The SMILES string of the molecule is C1=CC(c2ccc3cc(-c4ccc5c6ccccc6c6ccccc6c5c4)ccc3c2)=C2Sc3ccccc3C2C1. The molecule has 1 heteroatoms. The highest BCUT2D eigenvalue weighted by Crippen LogP contribution is 2.54. The molecule has 41 heavy (non-hydrogen) atoms. The van der Waals surface area contributed by atoms with E-state index in [0.717, 1.165) is 6.42 Å². The number of hydrogen-bond donors (Lipinski definition) is 0. The molecule has 1 aliphatic heterocycles. The highest BCUT2D eigenvalue weighted by molar-refractivity contribution is 8.03. The Kier molecular flexibility index (Phi) is 5.06. The second-order valence-electron chi connectivity index (χ2n) is 11.2. The summed E-state index contributed by atoms with van der Waals surface area (Å²) in [6.45, 7) is 0. The van der Waals surface area contributed by atoms with Crippen LogP contribution in [0.1, 0.15) is 23.5 Å². The highest BCUT2D eigenvalue weighted by atomic mass is 32.2. The number of thioether (sulfide) groups is 1. The van der Waals surface area contributed by atoms with Crippen LogP contribution in [0.4, 0.5) is 0 Å². The summed E-state index contributed by atoms with van der Waals surface area (Å²) in [6.07, 6.45) is 5.78. The third-order valence-electron chi connectivity index (χ3n) is 8.98. The first-order valence-corrected chi connectivity index (χ1v) is 15.2. The Labute approximate surface area is 243 Å². The Balaban J connectivity index is 1.15. The van der Waals surface area contributed by atoms with Crippen LogP contribution in [0.2, 0.25) is 0 Å². The van der Waals surface area contributed by atoms with Crippen LogP contribution >= 0.6 is 11.8 Å². The van der Waals surface area contributed by atoms with E-state index >= 15 is 0 Å². The number of rotatable bonds is 2. The molecular formula is C40H26S. The third-order valence-corrected chi connectivity index (χ3v) is 10.3. The number of allylic oxidation sites excluding steroid dienone is 4. The summed E-state index contributed by atoms with van der Waals surface area (Å²) in [7, 11) is 0. The monoisotopic (exact) mass is 538 g/mol. The molecule has 0 amide bonds. The van der Waals surface area contributed by atoms with Gasteiger partial charge in [-0.2, -0.15) is 0 Å². The molecular weight excluding hydrogens is 513 g/mol. The van der Waals surface area contributed by atoms with Crippen LogP contribution in [0.3, 0.4) is 0 Å². The van der Waals surface area contributed by atoms with Gasteiger partial charge in [-0.3, -0.25) is 0 Å². The zero-order valence-electron chi connectivity index (χ0n) is 22.5. The Bertz CT molecular complexity index is 2230. The van der Waals surface area contributed by atoms with E-state index in [0.29, 0.717) is 5.92 Å². The number of hydrogen-bond acceptors (Lipinski definition) is 1. The maximum absolute atomic E-state index is 2.38. The normalized spacial score (nSPS) is 16.1. The zero-order valence-corrected chi connectivity index (χ0v) is 23.3. The van der Waals surface area contributed by atoms with Crippen LogP contribution in [-0.4, -0.2) is 0 Å². The Morgan fingerprint density at radius 3 is 1.80 bits per heavy atom. The lowest BCUT2D eigenvalue weighted by molar-refractivity contribution is 0.841. The smallest absolute Gasteiger partial charge is 0.0205 e. The van der Waals surface area contributed by atoms with Gasteiger partial charge in [-0.05, 0) is 102 Å². The van der Waals surface area contributed by atoms with Crippen LogP contribution in [0.15, 0.2) is 149 Å². The van der Waals surface area contributed by atoms with Gasteiger partial charge in [-0.25, -0.2) is 0 Å². The topological polar surface area (TPSA) is 0 Å². The van der Waals surface area contributed by atoms with Crippen molar-refractivity contribution in [3.05, 3.63) is 156 Å². The summed E-state index contributed by atoms with van der Waals surface area (Å²) >= 11 is 1.96. The molecule has 192 valence electrons. The average molecular weight is 539 g/mol. The van der Waals surface area contributed by atoms with Gasteiger partial charge in [-0.1, -0.05) is 127 Å². The van der Waals surface area contributed by atoms with Crippen LogP contribution in [0.25, 0.3) is 59.8 Å². The quantitative estimate of drug-likeness (QED) is 0.197. The molecule has 9 rings (SSSR count). The van der Waals surface area contributed by atoms with Crippen molar-refractivity contribution < 1.29 is 0 Å². The van der Waals surface area contributed by atoms with E-state index in [9.17, 15) is 0 Å². The van der Waals surface area contributed by atoms with E-state index in [-0.39, 0.29) is 0 Å². The van der Waals surface area contributed by atoms with Gasteiger partial charge in [-0.15, -0.1) is 0 Å². The largest absolute Gasteiger partial charge is 0.0929 e. The van der Waals surface area contributed by atoms with Crippen molar-refractivity contribution in [2.45, 2.75) is 17.2 Å². The predicted molar refractivity (Wildman–Crippen MR) is 178 cm³/mol. The fourth-order valence-corrected chi connectivity index (χ4v) is 8.36. The lowest BCUT2D eigenvalue weighted by Gasteiger charge is -2.19. The minimum absolute atomic E-state index is 0.496. The van der Waals surface area contributed by atoms with E-state index in [1.54, 1.807) is 0 Å². The first-order chi connectivity index (χ1) is 20.3. The van der Waals surface area contributed by atoms with Gasteiger partial charge in [0.15, 0.2) is 0 Å². The molecule has 0 aromatic heterocycles. The van der Waals surface area contributed by atoms with E-state index < -0.39 is 0 Å². The fourth-order valence-electron chi connectivity index (χ4n) is 6.99. The molecule has 2 aliphatic rings. The Morgan fingerprint density at radius 1 is 0.488 bits per heavy atom. The molecule has 0 nitrogen and oxygen atoms in total. The van der Waals surface area contributed by atoms with Gasteiger partial charge in [0.05, 0.1) is 0 Å². The van der Waals surface area contributed by atoms with Gasteiger partial charge in [0.25, 0.3) is 0 Å². The van der Waals surface area contributed by atoms with E-state index in [4.69, 9.17) is 0 Å². The van der Waals surface area contributed by atoms with Gasteiger partial charge in [0.1, 0.15) is 0 Å². The lowest BCUT2D eigenvalue weighted by atomic mass is 9.87. The molecule has 0 saturated heterocycles. The summed E-state index contributed by atoms with van der Waals surface area (Å²) in [4.78, 5) is 2.91. The van der Waals surface area contributed by atoms with Crippen LogP contribution in [-0.2, 0) is 0 Å². The second-order valence-corrected chi connectivity index (χ2v) is 12.3. The van der Waals surface area contributed by atoms with Crippen molar-refractivity contribution in [2.24, 2.45) is 0 Å². The van der Waals surface area contributed by atoms with E-state index in [2.05, 4.69) is 140 Å². The van der Waals surface area contributed by atoms with Crippen LogP contribution in [0, 0.1) is 0 Å². The standard InChI is InChI=1S/C40H26S/c1-2-10-33-31(8-1)32-9-3-4-11-34(32)38-24-28(20-21-35(33)38)26-16-17-27-23-29(19-18-25(27)22-26)30-13-7-14-37-36-12-5-6-15-39(36)41-40(30)37/h1-13,15-24,37H,14H2. The molecule has 1 unspecified atom stereocenters. The molecule has 0 saturated carbocycles. The van der Waals surface area contributed by atoms with Gasteiger partial charge in [0.2, 0.25) is 0 Å². The molecule has 0 spiro atoms. The van der Waals surface area contributed by atoms with Gasteiger partial charge >= 0.3 is 0 Å². The number of fused-ring (bicyclic) bond motifs is 10. The molecule has 1 heterocycles. The minimum Gasteiger partial charge on any atom is -0.0929 e. The fraction of sp³-hybridized carbons (Fsp3) is 0.0500. The first-order valence-electron chi connectivity index (χ1n) is 14.4. The number of benzene rings is 7. The molecule has 1 aliphatic carbocycles. The molecule has 0 fully saturated rings. The highest BCUT2D eigenvalue weighted by Gasteiger charge is 2.31. The van der Waals surface area contributed by atoms with E-state index in [1.165, 1.54) is 80.7 Å². The summed E-state index contributed by atoms with van der Waals surface area (Å²) < 4.78 is 0. The predicted octanol–water partition coefficient (Wildman–Crippen LogP) is 11.5. The maximum atomic E-state index is 2.38. The third kappa shape index (κ3) is 3.56. The average Bonchev–Trinajstić information content (AvgIpc) is 3.43.